The SMILES string of the molecule is Cc1ccccc1CCCC(=O)Nc1ccc(Br)cn1. The molecule has 0 atom stereocenters. The number of hydrogen-bond acceptors (Lipinski definition) is 2. The minimum absolute atomic E-state index is 0.00778. The molecular formula is C16H17BrN2O. The Morgan fingerprint density at radius 1 is 1.25 bits per heavy atom. The molecule has 1 aromatic carbocycles. The molecular weight excluding hydrogens is 316 g/mol. The number of nitrogens with zero attached hydrogens (tertiary/aromatic N) is 1. The molecule has 4 heteroatoms. The van der Waals surface area contributed by atoms with Crippen molar-refractivity contribution in [2.24, 2.45) is 0 Å². The van der Waals surface area contributed by atoms with E-state index in [1.165, 1.54) is 11.1 Å². The molecule has 1 amide bonds. The maximum absolute atomic E-state index is 11.8. The smallest absolute Gasteiger partial charge is 0.225 e. The van der Waals surface area contributed by atoms with Crippen LogP contribution in [0.4, 0.5) is 5.82 Å². The van der Waals surface area contributed by atoms with Gasteiger partial charge in [-0.3, -0.25) is 4.79 Å². The maximum atomic E-state index is 11.8. The van der Waals surface area contributed by atoms with Gasteiger partial charge >= 0.3 is 0 Å². The highest BCUT2D eigenvalue weighted by atomic mass is 79.9. The van der Waals surface area contributed by atoms with Crippen molar-refractivity contribution in [2.45, 2.75) is 26.2 Å². The lowest BCUT2D eigenvalue weighted by Crippen LogP contribution is -2.12. The molecule has 104 valence electrons. The fourth-order valence-electron chi connectivity index (χ4n) is 1.99. The van der Waals surface area contributed by atoms with Crippen LogP contribution in [0.25, 0.3) is 0 Å². The van der Waals surface area contributed by atoms with Crippen LogP contribution in [0.2, 0.25) is 0 Å². The number of rotatable bonds is 5. The largest absolute Gasteiger partial charge is 0.311 e. The molecule has 0 aliphatic rings. The summed E-state index contributed by atoms with van der Waals surface area (Å²) in [4.78, 5) is 15.9. The van der Waals surface area contributed by atoms with Crippen molar-refractivity contribution in [1.82, 2.24) is 4.98 Å². The fraction of sp³-hybridized carbons (Fsp3) is 0.250. The summed E-state index contributed by atoms with van der Waals surface area (Å²) in [7, 11) is 0. The van der Waals surface area contributed by atoms with Gasteiger partial charge in [0, 0.05) is 17.1 Å². The van der Waals surface area contributed by atoms with Crippen LogP contribution in [0.1, 0.15) is 24.0 Å². The average Bonchev–Trinajstić information content (AvgIpc) is 2.43. The highest BCUT2D eigenvalue weighted by Crippen LogP contribution is 2.13. The van der Waals surface area contributed by atoms with Gasteiger partial charge in [-0.25, -0.2) is 4.98 Å². The molecule has 0 aliphatic carbocycles. The van der Waals surface area contributed by atoms with Gasteiger partial charge in [0.1, 0.15) is 5.82 Å². The Kier molecular flexibility index (Phi) is 5.30. The first kappa shape index (κ1) is 14.7. The van der Waals surface area contributed by atoms with Gasteiger partial charge in [-0.2, -0.15) is 0 Å². The predicted molar refractivity (Wildman–Crippen MR) is 84.7 cm³/mol. The first-order valence-electron chi connectivity index (χ1n) is 6.61. The summed E-state index contributed by atoms with van der Waals surface area (Å²) in [5, 5.41) is 2.80. The van der Waals surface area contributed by atoms with Crippen molar-refractivity contribution in [3.63, 3.8) is 0 Å². The van der Waals surface area contributed by atoms with Crippen molar-refractivity contribution in [1.29, 1.82) is 0 Å². The topological polar surface area (TPSA) is 42.0 Å². The zero-order valence-corrected chi connectivity index (χ0v) is 13.0. The minimum Gasteiger partial charge on any atom is -0.311 e. The Balaban J connectivity index is 1.78. The van der Waals surface area contributed by atoms with Crippen LogP contribution in [0.15, 0.2) is 47.1 Å². The third kappa shape index (κ3) is 4.46. The van der Waals surface area contributed by atoms with Crippen molar-refractivity contribution in [3.05, 3.63) is 58.2 Å². The van der Waals surface area contributed by atoms with E-state index in [1.807, 2.05) is 18.2 Å². The maximum Gasteiger partial charge on any atom is 0.225 e. The molecule has 2 aromatic rings. The Morgan fingerprint density at radius 3 is 2.75 bits per heavy atom. The van der Waals surface area contributed by atoms with E-state index in [-0.39, 0.29) is 5.91 Å². The number of benzene rings is 1. The van der Waals surface area contributed by atoms with E-state index < -0.39 is 0 Å². The first-order valence-corrected chi connectivity index (χ1v) is 7.40. The second kappa shape index (κ2) is 7.20. The summed E-state index contributed by atoms with van der Waals surface area (Å²) in [5.74, 6) is 0.600. The molecule has 0 unspecified atom stereocenters. The quantitative estimate of drug-likeness (QED) is 0.894. The fourth-order valence-corrected chi connectivity index (χ4v) is 2.22. The van der Waals surface area contributed by atoms with Crippen molar-refractivity contribution >= 4 is 27.7 Å². The zero-order valence-electron chi connectivity index (χ0n) is 11.4. The summed E-state index contributed by atoms with van der Waals surface area (Å²) in [5.41, 5.74) is 2.59. The van der Waals surface area contributed by atoms with Crippen molar-refractivity contribution in [3.8, 4) is 0 Å². The van der Waals surface area contributed by atoms with Crippen LogP contribution in [0.5, 0.6) is 0 Å². The molecule has 3 nitrogen and oxygen atoms in total. The van der Waals surface area contributed by atoms with E-state index in [2.05, 4.69) is 45.3 Å². The number of amides is 1. The van der Waals surface area contributed by atoms with Crippen LogP contribution in [-0.2, 0) is 11.2 Å². The molecule has 0 aliphatic heterocycles. The number of hydrogen-bond donors (Lipinski definition) is 1. The first-order chi connectivity index (χ1) is 9.65. The molecule has 2 rings (SSSR count). The molecule has 1 aromatic heterocycles. The lowest BCUT2D eigenvalue weighted by atomic mass is 10.0. The molecule has 0 saturated heterocycles. The Hall–Kier alpha value is -1.68. The molecule has 20 heavy (non-hydrogen) atoms. The number of aryl methyl sites for hydroxylation is 2. The molecule has 1 N–H and O–H groups in total. The number of carbonyl (C=O) groups is 1. The molecule has 0 radical (unpaired) electrons. The lowest BCUT2D eigenvalue weighted by Gasteiger charge is -2.06. The second-order valence-corrected chi connectivity index (χ2v) is 5.61. The molecule has 1 heterocycles. The van der Waals surface area contributed by atoms with Gasteiger partial charge in [-0.1, -0.05) is 24.3 Å². The van der Waals surface area contributed by atoms with Crippen LogP contribution in [-0.4, -0.2) is 10.9 Å². The van der Waals surface area contributed by atoms with Crippen molar-refractivity contribution < 1.29 is 4.79 Å². The number of aromatic nitrogens is 1. The zero-order chi connectivity index (χ0) is 14.4. The lowest BCUT2D eigenvalue weighted by molar-refractivity contribution is -0.116. The van der Waals surface area contributed by atoms with E-state index in [1.54, 1.807) is 12.3 Å². The number of nitrogens with one attached hydrogen (secondary N) is 1. The number of anilines is 1. The standard InChI is InChI=1S/C16H17BrN2O/c1-12-5-2-3-6-13(12)7-4-8-16(20)19-15-10-9-14(17)11-18-15/h2-3,5-6,9-11H,4,7-8H2,1H3,(H,18,19,20). The Labute approximate surface area is 127 Å². The highest BCUT2D eigenvalue weighted by Gasteiger charge is 2.04. The van der Waals surface area contributed by atoms with Crippen LogP contribution in [0, 0.1) is 6.92 Å². The third-order valence-electron chi connectivity index (χ3n) is 3.11. The Bertz CT molecular complexity index is 581. The van der Waals surface area contributed by atoms with E-state index >= 15 is 0 Å². The number of carbonyl (C=O) groups excluding carboxylic acids is 1. The van der Waals surface area contributed by atoms with Crippen LogP contribution in [0.3, 0.4) is 0 Å². The molecule has 0 spiro atoms. The molecule has 0 fully saturated rings. The Morgan fingerprint density at radius 2 is 2.05 bits per heavy atom. The third-order valence-corrected chi connectivity index (χ3v) is 3.58. The van der Waals surface area contributed by atoms with Gasteiger partial charge in [0.25, 0.3) is 0 Å². The van der Waals surface area contributed by atoms with Crippen LogP contribution >= 0.6 is 15.9 Å². The second-order valence-electron chi connectivity index (χ2n) is 4.69. The van der Waals surface area contributed by atoms with Gasteiger partial charge in [-0.05, 0) is 59.0 Å². The summed E-state index contributed by atoms with van der Waals surface area (Å²) in [6.07, 6.45) is 3.94. The average molecular weight is 333 g/mol. The predicted octanol–water partition coefficient (Wildman–Crippen LogP) is 4.11. The van der Waals surface area contributed by atoms with E-state index in [0.29, 0.717) is 12.2 Å². The summed E-state index contributed by atoms with van der Waals surface area (Å²) < 4.78 is 0.898. The highest BCUT2D eigenvalue weighted by molar-refractivity contribution is 9.10. The van der Waals surface area contributed by atoms with Gasteiger partial charge < -0.3 is 5.32 Å². The monoisotopic (exact) mass is 332 g/mol. The number of pyridine rings is 1. The minimum atomic E-state index is 0.00778. The summed E-state index contributed by atoms with van der Waals surface area (Å²) in [6, 6.07) is 11.9. The number of halogens is 1. The summed E-state index contributed by atoms with van der Waals surface area (Å²) in [6.45, 7) is 2.10. The van der Waals surface area contributed by atoms with Crippen LogP contribution < -0.4 is 5.32 Å². The van der Waals surface area contributed by atoms with Crippen molar-refractivity contribution in [2.75, 3.05) is 5.32 Å². The van der Waals surface area contributed by atoms with Gasteiger partial charge in [0.15, 0.2) is 0 Å². The van der Waals surface area contributed by atoms with Gasteiger partial charge in [0.2, 0.25) is 5.91 Å². The molecule has 0 saturated carbocycles. The van der Waals surface area contributed by atoms with E-state index in [9.17, 15) is 4.79 Å². The van der Waals surface area contributed by atoms with Gasteiger partial charge in [0.05, 0.1) is 0 Å². The molecule has 0 bridgehead atoms. The summed E-state index contributed by atoms with van der Waals surface area (Å²) >= 11 is 3.31. The van der Waals surface area contributed by atoms with E-state index in [4.69, 9.17) is 0 Å². The normalized spacial score (nSPS) is 10.3. The van der Waals surface area contributed by atoms with Gasteiger partial charge in [-0.15, -0.1) is 0 Å². The van der Waals surface area contributed by atoms with E-state index in [0.717, 1.165) is 17.3 Å².